The van der Waals surface area contributed by atoms with Gasteiger partial charge in [-0.05, 0) is 56.4 Å². The van der Waals surface area contributed by atoms with Gasteiger partial charge in [-0.2, -0.15) is 0 Å². The van der Waals surface area contributed by atoms with Gasteiger partial charge in [-0.3, -0.25) is 4.99 Å². The number of thiazole rings is 1. The maximum absolute atomic E-state index is 6.24. The quantitative estimate of drug-likeness (QED) is 0.169. The van der Waals surface area contributed by atoms with Crippen molar-refractivity contribution in [3.8, 4) is 22.8 Å². The predicted molar refractivity (Wildman–Crippen MR) is 143 cm³/mol. The molecule has 0 saturated heterocycles. The Labute approximate surface area is 207 Å². The smallest absolute Gasteiger partial charge is 0.194 e. The van der Waals surface area contributed by atoms with Crippen LogP contribution in [0.15, 0.2) is 52.8 Å². The highest BCUT2D eigenvalue weighted by Gasteiger charge is 2.12. The molecule has 1 atom stereocenters. The van der Waals surface area contributed by atoms with E-state index in [0.29, 0.717) is 30.2 Å². The van der Waals surface area contributed by atoms with E-state index in [4.69, 9.17) is 20.2 Å². The lowest BCUT2D eigenvalue weighted by Gasteiger charge is -2.12. The molecule has 2 aromatic carbocycles. The third-order valence-corrected chi connectivity index (χ3v) is 6.39. The van der Waals surface area contributed by atoms with E-state index in [-0.39, 0.29) is 0 Å². The van der Waals surface area contributed by atoms with E-state index in [1.807, 2.05) is 35.7 Å². The van der Waals surface area contributed by atoms with Crippen LogP contribution in [-0.2, 0) is 4.74 Å². The van der Waals surface area contributed by atoms with Crippen molar-refractivity contribution >= 4 is 22.4 Å². The summed E-state index contributed by atoms with van der Waals surface area (Å²) in [6.45, 7) is 10.7. The minimum atomic E-state index is 0.361. The van der Waals surface area contributed by atoms with Crippen LogP contribution < -0.4 is 15.8 Å². The second kappa shape index (κ2) is 13.1. The van der Waals surface area contributed by atoms with Gasteiger partial charge in [0.2, 0.25) is 0 Å². The molecule has 0 saturated carbocycles. The first-order valence-corrected chi connectivity index (χ1v) is 12.8. The molecule has 0 bridgehead atoms. The molecular formula is C27H36N4O2S. The van der Waals surface area contributed by atoms with Crippen molar-refractivity contribution < 1.29 is 9.47 Å². The summed E-state index contributed by atoms with van der Waals surface area (Å²) >= 11 is 1.48. The summed E-state index contributed by atoms with van der Waals surface area (Å²) in [5.74, 6) is 2.68. The zero-order valence-corrected chi connectivity index (χ0v) is 21.5. The maximum Gasteiger partial charge on any atom is 0.194 e. The number of anilines is 1. The molecule has 0 aliphatic heterocycles. The van der Waals surface area contributed by atoms with Crippen LogP contribution in [0.2, 0.25) is 0 Å². The average Bonchev–Trinajstić information content (AvgIpc) is 3.28. The van der Waals surface area contributed by atoms with Gasteiger partial charge in [0, 0.05) is 30.7 Å². The standard InChI is InChI=1S/C27H36N4O2S/c1-5-19(2)13-16-32-15-8-14-29-26(28)31-27-30-23(18-34-27)22-9-6-7-10-25(22)33-24-12-11-20(3)17-21(24)4/h6-7,9-12,17-19H,5,8,13-16H2,1-4H3,(H3,28,29,30,31). The average molecular weight is 481 g/mol. The van der Waals surface area contributed by atoms with Gasteiger partial charge < -0.3 is 20.5 Å². The molecular weight excluding hydrogens is 444 g/mol. The van der Waals surface area contributed by atoms with E-state index in [1.54, 1.807) is 0 Å². The Morgan fingerprint density at radius 2 is 1.97 bits per heavy atom. The molecule has 1 heterocycles. The van der Waals surface area contributed by atoms with Gasteiger partial charge in [0.05, 0.1) is 5.69 Å². The molecule has 1 aromatic heterocycles. The van der Waals surface area contributed by atoms with Crippen molar-refractivity contribution in [1.82, 2.24) is 4.98 Å². The Balaban J connectivity index is 1.54. The summed E-state index contributed by atoms with van der Waals surface area (Å²) in [7, 11) is 0. The van der Waals surface area contributed by atoms with E-state index in [0.717, 1.165) is 47.8 Å². The van der Waals surface area contributed by atoms with Gasteiger partial charge in [-0.1, -0.05) is 50.1 Å². The fourth-order valence-corrected chi connectivity index (χ4v) is 4.08. The molecule has 182 valence electrons. The van der Waals surface area contributed by atoms with E-state index in [9.17, 15) is 0 Å². The lowest BCUT2D eigenvalue weighted by molar-refractivity contribution is 0.120. The first-order chi connectivity index (χ1) is 16.5. The van der Waals surface area contributed by atoms with Crippen LogP contribution in [0.3, 0.4) is 0 Å². The largest absolute Gasteiger partial charge is 0.456 e. The van der Waals surface area contributed by atoms with Crippen molar-refractivity contribution in [3.05, 3.63) is 59.0 Å². The number of nitrogens with two attached hydrogens (primary N) is 1. The number of guanidine groups is 1. The number of aliphatic imine (C=N–C) groups is 1. The topological polar surface area (TPSA) is 81.8 Å². The maximum atomic E-state index is 6.24. The van der Waals surface area contributed by atoms with E-state index in [1.165, 1.54) is 23.3 Å². The Kier molecular flexibility index (Phi) is 9.91. The zero-order valence-electron chi connectivity index (χ0n) is 20.6. The first kappa shape index (κ1) is 25.7. The molecule has 0 radical (unpaired) electrons. The minimum absolute atomic E-state index is 0.361. The number of aromatic nitrogens is 1. The van der Waals surface area contributed by atoms with Crippen LogP contribution >= 0.6 is 11.3 Å². The Morgan fingerprint density at radius 3 is 2.76 bits per heavy atom. The second-order valence-electron chi connectivity index (χ2n) is 8.57. The Hall–Kier alpha value is -2.90. The highest BCUT2D eigenvalue weighted by molar-refractivity contribution is 7.14. The van der Waals surface area contributed by atoms with Crippen molar-refractivity contribution in [3.63, 3.8) is 0 Å². The van der Waals surface area contributed by atoms with Crippen LogP contribution in [0.25, 0.3) is 11.3 Å². The van der Waals surface area contributed by atoms with Gasteiger partial charge in [0.1, 0.15) is 11.5 Å². The molecule has 0 fully saturated rings. The number of rotatable bonds is 12. The molecule has 3 N–H and O–H groups in total. The number of nitrogens with one attached hydrogen (secondary N) is 1. The number of hydrogen-bond acceptors (Lipinski definition) is 5. The molecule has 0 amide bonds. The molecule has 0 aliphatic rings. The number of hydrogen-bond donors (Lipinski definition) is 2. The molecule has 34 heavy (non-hydrogen) atoms. The van der Waals surface area contributed by atoms with Crippen LogP contribution in [0.1, 0.15) is 44.2 Å². The molecule has 3 aromatic rings. The molecule has 0 spiro atoms. The highest BCUT2D eigenvalue weighted by atomic mass is 32.1. The molecule has 6 nitrogen and oxygen atoms in total. The number of ether oxygens (including phenoxy) is 2. The summed E-state index contributed by atoms with van der Waals surface area (Å²) in [6, 6.07) is 14.1. The van der Waals surface area contributed by atoms with E-state index >= 15 is 0 Å². The number of benzene rings is 2. The van der Waals surface area contributed by atoms with Crippen LogP contribution in [0.5, 0.6) is 11.5 Å². The predicted octanol–water partition coefficient (Wildman–Crippen LogP) is 6.79. The van der Waals surface area contributed by atoms with Crippen LogP contribution in [0, 0.1) is 19.8 Å². The van der Waals surface area contributed by atoms with Crippen molar-refractivity contribution in [2.45, 2.75) is 47.0 Å². The molecule has 3 rings (SSSR count). The van der Waals surface area contributed by atoms with Crippen molar-refractivity contribution in [2.24, 2.45) is 16.6 Å². The van der Waals surface area contributed by atoms with Crippen molar-refractivity contribution in [1.29, 1.82) is 0 Å². The lowest BCUT2D eigenvalue weighted by atomic mass is 10.1. The van der Waals surface area contributed by atoms with Crippen LogP contribution in [-0.4, -0.2) is 30.7 Å². The fraction of sp³-hybridized carbons (Fsp3) is 0.407. The summed E-state index contributed by atoms with van der Waals surface area (Å²) < 4.78 is 11.9. The minimum Gasteiger partial charge on any atom is -0.456 e. The van der Waals surface area contributed by atoms with E-state index in [2.05, 4.69) is 50.1 Å². The normalized spacial score (nSPS) is 12.5. The highest BCUT2D eigenvalue weighted by Crippen LogP contribution is 2.35. The van der Waals surface area contributed by atoms with Crippen LogP contribution in [0.4, 0.5) is 5.13 Å². The second-order valence-corrected chi connectivity index (χ2v) is 9.42. The van der Waals surface area contributed by atoms with Gasteiger partial charge >= 0.3 is 0 Å². The third-order valence-electron chi connectivity index (χ3n) is 5.63. The molecule has 7 heteroatoms. The Morgan fingerprint density at radius 1 is 1.15 bits per heavy atom. The third kappa shape index (κ3) is 7.85. The van der Waals surface area contributed by atoms with E-state index < -0.39 is 0 Å². The molecule has 0 aliphatic carbocycles. The summed E-state index contributed by atoms with van der Waals surface area (Å²) in [4.78, 5) is 9.08. The van der Waals surface area contributed by atoms with Gasteiger partial charge in [-0.25, -0.2) is 4.98 Å². The lowest BCUT2D eigenvalue weighted by Crippen LogP contribution is -2.22. The molecule has 1 unspecified atom stereocenters. The van der Waals surface area contributed by atoms with Gasteiger partial charge in [0.25, 0.3) is 0 Å². The summed E-state index contributed by atoms with van der Waals surface area (Å²) in [5.41, 5.74) is 10.1. The zero-order chi connectivity index (χ0) is 24.3. The van der Waals surface area contributed by atoms with Gasteiger partial charge in [0.15, 0.2) is 11.1 Å². The first-order valence-electron chi connectivity index (χ1n) is 11.9. The summed E-state index contributed by atoms with van der Waals surface area (Å²) in [5, 5.41) is 5.78. The summed E-state index contributed by atoms with van der Waals surface area (Å²) in [6.07, 6.45) is 3.14. The number of para-hydroxylation sites is 1. The fourth-order valence-electron chi connectivity index (χ4n) is 3.36. The SMILES string of the molecule is CCC(C)CCOCCCN=C(N)Nc1nc(-c2ccccc2Oc2ccc(C)cc2C)cs1. The monoisotopic (exact) mass is 480 g/mol. The van der Waals surface area contributed by atoms with Gasteiger partial charge in [-0.15, -0.1) is 11.3 Å². The van der Waals surface area contributed by atoms with Crippen molar-refractivity contribution in [2.75, 3.05) is 25.1 Å². The number of aryl methyl sites for hydroxylation is 2. The number of nitrogens with zero attached hydrogens (tertiary/aromatic N) is 2. The Bertz CT molecular complexity index is 1080.